The molecule has 0 aliphatic heterocycles. The summed E-state index contributed by atoms with van der Waals surface area (Å²) in [6.07, 6.45) is -0.332. The molecule has 0 spiro atoms. The van der Waals surface area contributed by atoms with Crippen LogP contribution in [-0.2, 0) is 9.53 Å². The number of carbonyl (C=O) groups excluding carboxylic acids is 2. The van der Waals surface area contributed by atoms with E-state index >= 15 is 0 Å². The van der Waals surface area contributed by atoms with Crippen LogP contribution in [-0.4, -0.2) is 18.4 Å². The minimum Gasteiger partial charge on any atom is -0.466 e. The first-order chi connectivity index (χ1) is 8.04. The van der Waals surface area contributed by atoms with Gasteiger partial charge < -0.3 is 4.74 Å². The predicted molar refractivity (Wildman–Crippen MR) is 56.6 cm³/mol. The van der Waals surface area contributed by atoms with E-state index in [-0.39, 0.29) is 25.0 Å². The molecule has 0 aromatic heterocycles. The molecule has 0 aliphatic carbocycles. The highest BCUT2D eigenvalue weighted by Gasteiger charge is 2.14. The van der Waals surface area contributed by atoms with Gasteiger partial charge in [0.25, 0.3) is 0 Å². The maximum atomic E-state index is 13.2. The average molecular weight is 242 g/mol. The second-order valence-corrected chi connectivity index (χ2v) is 3.35. The Labute approximate surface area is 97.4 Å². The number of Topliss-reactive ketones (excluding diaryl/α,β-unsaturated/α-hetero) is 1. The van der Waals surface area contributed by atoms with Crippen molar-refractivity contribution in [1.82, 2.24) is 0 Å². The summed E-state index contributed by atoms with van der Waals surface area (Å²) in [7, 11) is 0. The fourth-order valence-electron chi connectivity index (χ4n) is 1.29. The molecule has 0 bridgehead atoms. The van der Waals surface area contributed by atoms with Gasteiger partial charge in [0, 0.05) is 6.42 Å². The summed E-state index contributed by atoms with van der Waals surface area (Å²) in [5, 5.41) is 0. The zero-order chi connectivity index (χ0) is 12.8. The largest absolute Gasteiger partial charge is 0.466 e. The van der Waals surface area contributed by atoms with Crippen LogP contribution in [0.5, 0.6) is 0 Å². The van der Waals surface area contributed by atoms with E-state index in [0.717, 1.165) is 18.2 Å². The Morgan fingerprint density at radius 1 is 1.24 bits per heavy atom. The SMILES string of the molecule is CCOC(=O)CCC(=O)c1cc(F)ccc1F. The average Bonchev–Trinajstić information content (AvgIpc) is 2.29. The highest BCUT2D eigenvalue weighted by molar-refractivity contribution is 5.97. The summed E-state index contributed by atoms with van der Waals surface area (Å²) >= 11 is 0. The minimum absolute atomic E-state index is 0.136. The minimum atomic E-state index is -0.791. The molecule has 1 aromatic rings. The van der Waals surface area contributed by atoms with Gasteiger partial charge in [0.1, 0.15) is 11.6 Å². The number of ketones is 1. The third-order valence-electron chi connectivity index (χ3n) is 2.09. The van der Waals surface area contributed by atoms with Crippen molar-refractivity contribution in [2.24, 2.45) is 0 Å². The summed E-state index contributed by atoms with van der Waals surface area (Å²) in [5.74, 6) is -2.63. The topological polar surface area (TPSA) is 43.4 Å². The van der Waals surface area contributed by atoms with Crippen molar-refractivity contribution in [1.29, 1.82) is 0 Å². The molecule has 0 aliphatic rings. The molecule has 0 amide bonds. The van der Waals surface area contributed by atoms with Crippen molar-refractivity contribution >= 4 is 11.8 Å². The molecule has 0 fully saturated rings. The van der Waals surface area contributed by atoms with Crippen molar-refractivity contribution < 1.29 is 23.1 Å². The second kappa shape index (κ2) is 6.08. The lowest BCUT2D eigenvalue weighted by Crippen LogP contribution is -2.09. The summed E-state index contributed by atoms with van der Waals surface area (Å²) < 4.78 is 30.6. The lowest BCUT2D eigenvalue weighted by atomic mass is 10.1. The van der Waals surface area contributed by atoms with E-state index in [2.05, 4.69) is 4.74 Å². The van der Waals surface area contributed by atoms with Gasteiger partial charge in [-0.2, -0.15) is 0 Å². The Kier molecular flexibility index (Phi) is 4.75. The smallest absolute Gasteiger partial charge is 0.306 e. The quantitative estimate of drug-likeness (QED) is 0.588. The van der Waals surface area contributed by atoms with Crippen molar-refractivity contribution in [2.45, 2.75) is 19.8 Å². The summed E-state index contributed by atoms with van der Waals surface area (Å²) in [4.78, 5) is 22.5. The summed E-state index contributed by atoms with van der Waals surface area (Å²) in [6, 6.07) is 2.63. The molecule has 5 heteroatoms. The molecule has 17 heavy (non-hydrogen) atoms. The van der Waals surface area contributed by atoms with Crippen LogP contribution >= 0.6 is 0 Å². The summed E-state index contributed by atoms with van der Waals surface area (Å²) in [6.45, 7) is 1.87. The maximum absolute atomic E-state index is 13.2. The van der Waals surface area contributed by atoms with E-state index in [1.807, 2.05) is 0 Å². The normalized spacial score (nSPS) is 10.1. The Hall–Kier alpha value is -1.78. The number of hydrogen-bond acceptors (Lipinski definition) is 3. The molecule has 0 N–H and O–H groups in total. The van der Waals surface area contributed by atoms with E-state index < -0.39 is 23.4 Å². The second-order valence-electron chi connectivity index (χ2n) is 3.35. The van der Waals surface area contributed by atoms with Crippen LogP contribution < -0.4 is 0 Å². The molecule has 0 heterocycles. The standard InChI is InChI=1S/C12H12F2O3/c1-2-17-12(16)6-5-11(15)9-7-8(13)3-4-10(9)14/h3-4,7H,2,5-6H2,1H3. The third kappa shape index (κ3) is 3.94. The van der Waals surface area contributed by atoms with Crippen LogP contribution in [0.1, 0.15) is 30.1 Å². The van der Waals surface area contributed by atoms with E-state index in [0.29, 0.717) is 0 Å². The lowest BCUT2D eigenvalue weighted by molar-refractivity contribution is -0.143. The molecule has 92 valence electrons. The van der Waals surface area contributed by atoms with Crippen LogP contribution in [0, 0.1) is 11.6 Å². The number of halogens is 2. The van der Waals surface area contributed by atoms with E-state index in [1.54, 1.807) is 6.92 Å². The van der Waals surface area contributed by atoms with Gasteiger partial charge in [-0.05, 0) is 25.1 Å². The van der Waals surface area contributed by atoms with Crippen LogP contribution in [0.25, 0.3) is 0 Å². The highest BCUT2D eigenvalue weighted by Crippen LogP contribution is 2.13. The summed E-state index contributed by atoms with van der Waals surface area (Å²) in [5.41, 5.74) is -0.339. The number of ether oxygens (including phenoxy) is 1. The number of carbonyl (C=O) groups is 2. The Morgan fingerprint density at radius 2 is 1.94 bits per heavy atom. The first-order valence-electron chi connectivity index (χ1n) is 5.18. The molecule has 1 rings (SSSR count). The van der Waals surface area contributed by atoms with Gasteiger partial charge in [0.15, 0.2) is 5.78 Å². The number of rotatable bonds is 5. The molecule has 0 radical (unpaired) electrons. The first kappa shape index (κ1) is 13.3. The lowest BCUT2D eigenvalue weighted by Gasteiger charge is -2.03. The Bertz CT molecular complexity index is 430. The molecule has 3 nitrogen and oxygen atoms in total. The van der Waals surface area contributed by atoms with Crippen molar-refractivity contribution in [3.05, 3.63) is 35.4 Å². The van der Waals surface area contributed by atoms with Gasteiger partial charge in [-0.1, -0.05) is 0 Å². The van der Waals surface area contributed by atoms with Crippen LogP contribution in [0.15, 0.2) is 18.2 Å². The molecule has 0 saturated heterocycles. The number of esters is 1. The monoisotopic (exact) mass is 242 g/mol. The third-order valence-corrected chi connectivity index (χ3v) is 2.09. The molecule has 0 saturated carbocycles. The van der Waals surface area contributed by atoms with Crippen LogP contribution in [0.2, 0.25) is 0 Å². The Balaban J connectivity index is 2.64. The van der Waals surface area contributed by atoms with Gasteiger partial charge >= 0.3 is 5.97 Å². The van der Waals surface area contributed by atoms with Crippen molar-refractivity contribution in [3.63, 3.8) is 0 Å². The Morgan fingerprint density at radius 3 is 2.59 bits per heavy atom. The van der Waals surface area contributed by atoms with E-state index in [9.17, 15) is 18.4 Å². The molecular formula is C12H12F2O3. The van der Waals surface area contributed by atoms with Gasteiger partial charge in [-0.25, -0.2) is 8.78 Å². The highest BCUT2D eigenvalue weighted by atomic mass is 19.1. The van der Waals surface area contributed by atoms with Gasteiger partial charge in [-0.15, -0.1) is 0 Å². The van der Waals surface area contributed by atoms with Gasteiger partial charge in [0.2, 0.25) is 0 Å². The van der Waals surface area contributed by atoms with Crippen LogP contribution in [0.4, 0.5) is 8.78 Å². The van der Waals surface area contributed by atoms with Gasteiger partial charge in [-0.3, -0.25) is 9.59 Å². The van der Waals surface area contributed by atoms with E-state index in [1.165, 1.54) is 0 Å². The van der Waals surface area contributed by atoms with E-state index in [4.69, 9.17) is 0 Å². The molecular weight excluding hydrogens is 230 g/mol. The molecule has 1 aromatic carbocycles. The molecule has 0 unspecified atom stereocenters. The van der Waals surface area contributed by atoms with Gasteiger partial charge in [0.05, 0.1) is 18.6 Å². The van der Waals surface area contributed by atoms with Crippen molar-refractivity contribution in [3.8, 4) is 0 Å². The fourth-order valence-corrected chi connectivity index (χ4v) is 1.29. The fraction of sp³-hybridized carbons (Fsp3) is 0.333. The number of hydrogen-bond donors (Lipinski definition) is 0. The maximum Gasteiger partial charge on any atom is 0.306 e. The first-order valence-corrected chi connectivity index (χ1v) is 5.18. The van der Waals surface area contributed by atoms with Crippen molar-refractivity contribution in [2.75, 3.05) is 6.61 Å². The number of benzene rings is 1. The zero-order valence-electron chi connectivity index (χ0n) is 9.33. The zero-order valence-corrected chi connectivity index (χ0v) is 9.33. The predicted octanol–water partition coefficient (Wildman–Crippen LogP) is 2.49. The molecule has 0 atom stereocenters. The van der Waals surface area contributed by atoms with Crippen LogP contribution in [0.3, 0.4) is 0 Å².